The number of nitrogens with zero attached hydrogens (tertiary/aromatic N) is 1. The molecule has 3 atom stereocenters. The first-order valence-electron chi connectivity index (χ1n) is 8.23. The molecule has 24 heavy (non-hydrogen) atoms. The number of rotatable bonds is 4. The highest BCUT2D eigenvalue weighted by Crippen LogP contribution is 2.28. The van der Waals surface area contributed by atoms with Crippen LogP contribution in [0.3, 0.4) is 0 Å². The highest BCUT2D eigenvalue weighted by atomic mass is 35.5. The summed E-state index contributed by atoms with van der Waals surface area (Å²) in [5, 5.41) is 12.7. The second-order valence-corrected chi connectivity index (χ2v) is 7.34. The fourth-order valence-electron chi connectivity index (χ4n) is 3.36. The molecule has 0 radical (unpaired) electrons. The summed E-state index contributed by atoms with van der Waals surface area (Å²) in [6.07, 6.45) is 0.656. The standard InChI is InChI=1S/C18H25ClN2O3/c1-10-5-12(3)16(15(19)7-10)20-17(22)13(4)21-8-11(2)6-14(9-21)18(23)24/h5,7,11,13-14H,6,8-9H2,1-4H3,(H,20,22)(H,23,24). The summed E-state index contributed by atoms with van der Waals surface area (Å²) in [5.74, 6) is -1.13. The second kappa shape index (κ2) is 7.53. The maximum atomic E-state index is 12.6. The molecule has 2 N–H and O–H groups in total. The summed E-state index contributed by atoms with van der Waals surface area (Å²) >= 11 is 6.25. The highest BCUT2D eigenvalue weighted by Gasteiger charge is 2.34. The number of carbonyl (C=O) groups is 2. The van der Waals surface area contributed by atoms with Crippen LogP contribution in [0.15, 0.2) is 12.1 Å². The fourth-order valence-corrected chi connectivity index (χ4v) is 3.72. The minimum Gasteiger partial charge on any atom is -0.481 e. The van der Waals surface area contributed by atoms with E-state index in [1.54, 1.807) is 0 Å². The monoisotopic (exact) mass is 352 g/mol. The van der Waals surface area contributed by atoms with Crippen LogP contribution in [0.4, 0.5) is 5.69 Å². The lowest BCUT2D eigenvalue weighted by molar-refractivity contribution is -0.145. The summed E-state index contributed by atoms with van der Waals surface area (Å²) in [4.78, 5) is 25.9. The maximum Gasteiger partial charge on any atom is 0.307 e. The van der Waals surface area contributed by atoms with Crippen LogP contribution in [0.5, 0.6) is 0 Å². The third-order valence-electron chi connectivity index (χ3n) is 4.64. The Labute approximate surface area is 148 Å². The maximum absolute atomic E-state index is 12.6. The number of aliphatic carboxylic acids is 1. The van der Waals surface area contributed by atoms with E-state index in [9.17, 15) is 14.7 Å². The summed E-state index contributed by atoms with van der Waals surface area (Å²) in [6, 6.07) is 3.37. The molecular weight excluding hydrogens is 328 g/mol. The van der Waals surface area contributed by atoms with Crippen LogP contribution in [0.2, 0.25) is 5.02 Å². The first-order chi connectivity index (χ1) is 11.2. The Hall–Kier alpha value is -1.59. The number of benzene rings is 1. The number of hydrogen-bond acceptors (Lipinski definition) is 3. The summed E-state index contributed by atoms with van der Waals surface area (Å²) in [5.41, 5.74) is 2.58. The Bertz CT molecular complexity index is 624. The van der Waals surface area contributed by atoms with E-state index in [-0.39, 0.29) is 11.8 Å². The van der Waals surface area contributed by atoms with Crippen LogP contribution in [0, 0.1) is 25.7 Å². The predicted octanol–water partition coefficient (Wildman–Crippen LogP) is 3.33. The van der Waals surface area contributed by atoms with E-state index in [1.165, 1.54) is 0 Å². The van der Waals surface area contributed by atoms with Gasteiger partial charge < -0.3 is 10.4 Å². The third kappa shape index (κ3) is 4.28. The van der Waals surface area contributed by atoms with Gasteiger partial charge >= 0.3 is 5.97 Å². The molecule has 1 aliphatic heterocycles. The van der Waals surface area contributed by atoms with Gasteiger partial charge in [-0.25, -0.2) is 0 Å². The van der Waals surface area contributed by atoms with E-state index < -0.39 is 17.9 Å². The van der Waals surface area contributed by atoms with Crippen LogP contribution in [0.25, 0.3) is 0 Å². The van der Waals surface area contributed by atoms with Gasteiger partial charge in [0.05, 0.1) is 22.7 Å². The van der Waals surface area contributed by atoms with Gasteiger partial charge in [-0.3, -0.25) is 14.5 Å². The van der Waals surface area contributed by atoms with Crippen LogP contribution in [-0.4, -0.2) is 41.0 Å². The van der Waals surface area contributed by atoms with E-state index in [0.29, 0.717) is 23.7 Å². The number of nitrogens with one attached hydrogen (secondary N) is 1. The van der Waals surface area contributed by atoms with Crippen LogP contribution in [0.1, 0.15) is 31.4 Å². The van der Waals surface area contributed by atoms with Gasteiger partial charge in [-0.1, -0.05) is 24.6 Å². The quantitative estimate of drug-likeness (QED) is 0.872. The molecule has 0 aromatic heterocycles. The molecule has 0 spiro atoms. The molecule has 1 aliphatic rings. The minimum atomic E-state index is -0.795. The zero-order valence-electron chi connectivity index (χ0n) is 14.6. The molecule has 6 heteroatoms. The van der Waals surface area contributed by atoms with Gasteiger partial charge in [0.2, 0.25) is 5.91 Å². The van der Waals surface area contributed by atoms with Crippen molar-refractivity contribution in [3.63, 3.8) is 0 Å². The topological polar surface area (TPSA) is 69.6 Å². The molecule has 0 bridgehead atoms. The van der Waals surface area contributed by atoms with Gasteiger partial charge in [0.15, 0.2) is 0 Å². The molecule has 132 valence electrons. The van der Waals surface area contributed by atoms with E-state index >= 15 is 0 Å². The Kier molecular flexibility index (Phi) is 5.88. The molecule has 1 aromatic carbocycles. The van der Waals surface area contributed by atoms with Gasteiger partial charge in [0.1, 0.15) is 0 Å². The molecule has 0 aliphatic carbocycles. The highest BCUT2D eigenvalue weighted by molar-refractivity contribution is 6.34. The van der Waals surface area contributed by atoms with Crippen molar-refractivity contribution in [3.8, 4) is 0 Å². The number of carboxylic acid groups (broad SMARTS) is 1. The van der Waals surface area contributed by atoms with Crippen molar-refractivity contribution in [2.45, 2.75) is 40.2 Å². The summed E-state index contributed by atoms with van der Waals surface area (Å²) < 4.78 is 0. The van der Waals surface area contributed by atoms with E-state index in [4.69, 9.17) is 11.6 Å². The van der Waals surface area contributed by atoms with Crippen molar-refractivity contribution in [1.29, 1.82) is 0 Å². The number of piperidine rings is 1. The van der Waals surface area contributed by atoms with Crippen LogP contribution in [-0.2, 0) is 9.59 Å². The number of hydrogen-bond donors (Lipinski definition) is 2. The molecular formula is C18H25ClN2O3. The molecule has 1 heterocycles. The molecule has 5 nitrogen and oxygen atoms in total. The molecule has 2 rings (SSSR count). The largest absolute Gasteiger partial charge is 0.481 e. The van der Waals surface area contributed by atoms with E-state index in [2.05, 4.69) is 5.32 Å². The lowest BCUT2D eigenvalue weighted by Crippen LogP contribution is -2.50. The van der Waals surface area contributed by atoms with Crippen molar-refractivity contribution in [2.24, 2.45) is 11.8 Å². The van der Waals surface area contributed by atoms with Gasteiger partial charge in [0, 0.05) is 13.1 Å². The number of carboxylic acids is 1. The van der Waals surface area contributed by atoms with Gasteiger partial charge in [-0.2, -0.15) is 0 Å². The van der Waals surface area contributed by atoms with Gasteiger partial charge in [-0.15, -0.1) is 0 Å². The van der Waals surface area contributed by atoms with Crippen molar-refractivity contribution in [2.75, 3.05) is 18.4 Å². The minimum absolute atomic E-state index is 0.165. The molecule has 1 saturated heterocycles. The average Bonchev–Trinajstić information content (AvgIpc) is 2.49. The Morgan fingerprint density at radius 1 is 1.33 bits per heavy atom. The van der Waals surface area contributed by atoms with Crippen molar-refractivity contribution >= 4 is 29.2 Å². The zero-order valence-corrected chi connectivity index (χ0v) is 15.4. The number of aryl methyl sites for hydroxylation is 2. The Morgan fingerprint density at radius 3 is 2.58 bits per heavy atom. The Morgan fingerprint density at radius 2 is 2.00 bits per heavy atom. The smallest absolute Gasteiger partial charge is 0.307 e. The number of amides is 1. The number of carbonyl (C=O) groups excluding carboxylic acids is 1. The number of likely N-dealkylation sites (tertiary alicyclic amines) is 1. The van der Waals surface area contributed by atoms with Gasteiger partial charge in [-0.05, 0) is 50.3 Å². The molecule has 0 saturated carbocycles. The third-order valence-corrected chi connectivity index (χ3v) is 4.94. The van der Waals surface area contributed by atoms with Crippen molar-refractivity contribution in [3.05, 3.63) is 28.3 Å². The SMILES string of the molecule is Cc1cc(C)c(NC(=O)C(C)N2CC(C)CC(C(=O)O)C2)c(Cl)c1. The number of anilines is 1. The molecule has 1 amide bonds. The normalized spacial score (nSPS) is 22.9. The summed E-state index contributed by atoms with van der Waals surface area (Å²) in [6.45, 7) is 8.81. The lowest BCUT2D eigenvalue weighted by atomic mass is 9.89. The lowest BCUT2D eigenvalue weighted by Gasteiger charge is -2.37. The van der Waals surface area contributed by atoms with E-state index in [1.807, 2.05) is 44.7 Å². The second-order valence-electron chi connectivity index (χ2n) is 6.93. The fraction of sp³-hybridized carbons (Fsp3) is 0.556. The van der Waals surface area contributed by atoms with Crippen LogP contribution >= 0.6 is 11.6 Å². The molecule has 3 unspecified atom stereocenters. The average molecular weight is 353 g/mol. The first kappa shape index (κ1) is 18.7. The van der Waals surface area contributed by atoms with Crippen molar-refractivity contribution < 1.29 is 14.7 Å². The van der Waals surface area contributed by atoms with Crippen LogP contribution < -0.4 is 5.32 Å². The Balaban J connectivity index is 2.11. The summed E-state index contributed by atoms with van der Waals surface area (Å²) in [7, 11) is 0. The first-order valence-corrected chi connectivity index (χ1v) is 8.61. The van der Waals surface area contributed by atoms with Crippen molar-refractivity contribution in [1.82, 2.24) is 4.90 Å². The predicted molar refractivity (Wildman–Crippen MR) is 95.5 cm³/mol. The zero-order chi connectivity index (χ0) is 18.0. The van der Waals surface area contributed by atoms with Gasteiger partial charge in [0.25, 0.3) is 0 Å². The molecule has 1 aromatic rings. The van der Waals surface area contributed by atoms with E-state index in [0.717, 1.165) is 17.7 Å². The number of halogens is 1. The molecule has 1 fully saturated rings.